The number of likely N-dealkylation sites (tertiary alicyclic amines) is 1. The lowest BCUT2D eigenvalue weighted by Crippen LogP contribution is -2.50. The number of fused-ring (bicyclic) bond motifs is 1. The molecule has 1 aliphatic carbocycles. The van der Waals surface area contributed by atoms with E-state index in [0.29, 0.717) is 28.7 Å². The van der Waals surface area contributed by atoms with Crippen molar-refractivity contribution in [2.24, 2.45) is 13.0 Å². The fraction of sp³-hybridized carbons (Fsp3) is 0.550. The van der Waals surface area contributed by atoms with E-state index >= 15 is 0 Å². The molecule has 2 unspecified atom stereocenters. The van der Waals surface area contributed by atoms with Crippen LogP contribution in [0.2, 0.25) is 0 Å². The van der Waals surface area contributed by atoms with Gasteiger partial charge in [0.15, 0.2) is 11.0 Å². The van der Waals surface area contributed by atoms with Gasteiger partial charge in [0.1, 0.15) is 5.82 Å². The van der Waals surface area contributed by atoms with Crippen molar-refractivity contribution in [1.29, 1.82) is 0 Å². The van der Waals surface area contributed by atoms with Gasteiger partial charge in [-0.05, 0) is 55.9 Å². The molecule has 0 radical (unpaired) electrons. The molecule has 2 aliphatic rings. The van der Waals surface area contributed by atoms with E-state index in [0.717, 1.165) is 24.9 Å². The number of hydrogen-bond acceptors (Lipinski definition) is 4. The molecule has 2 aromatic rings. The molecular weight excluding hydrogens is 363 g/mol. The van der Waals surface area contributed by atoms with Crippen molar-refractivity contribution in [1.82, 2.24) is 19.7 Å². The normalized spacial score (nSPS) is 22.5. The molecular formula is C20H25FN4OS. The summed E-state index contributed by atoms with van der Waals surface area (Å²) in [5.41, 5.74) is 0.811. The Morgan fingerprint density at radius 3 is 2.70 bits per heavy atom. The second kappa shape index (κ2) is 8.00. The summed E-state index contributed by atoms with van der Waals surface area (Å²) in [7, 11) is 1.88. The van der Waals surface area contributed by atoms with Gasteiger partial charge in [-0.1, -0.05) is 24.6 Å². The van der Waals surface area contributed by atoms with Crippen LogP contribution in [0.3, 0.4) is 0 Å². The molecule has 1 aromatic carbocycles. The highest BCUT2D eigenvalue weighted by atomic mass is 32.2. The third-order valence-corrected chi connectivity index (χ3v) is 6.83. The van der Waals surface area contributed by atoms with Crippen LogP contribution in [0.25, 0.3) is 11.4 Å². The van der Waals surface area contributed by atoms with Gasteiger partial charge in [-0.2, -0.15) is 0 Å². The SMILES string of the molecule is Cn1c(SCC(=O)N2CCCC3CCCCC32)nnc1-c1ccc(F)cc1. The smallest absolute Gasteiger partial charge is 0.233 e. The molecule has 27 heavy (non-hydrogen) atoms. The molecule has 1 aromatic heterocycles. The fourth-order valence-corrected chi connectivity index (χ4v) is 5.23. The van der Waals surface area contributed by atoms with E-state index < -0.39 is 0 Å². The van der Waals surface area contributed by atoms with E-state index in [1.54, 1.807) is 12.1 Å². The summed E-state index contributed by atoms with van der Waals surface area (Å²) < 4.78 is 15.0. The molecule has 2 atom stereocenters. The van der Waals surface area contributed by atoms with E-state index in [-0.39, 0.29) is 11.7 Å². The number of carbonyl (C=O) groups is 1. The molecule has 1 saturated carbocycles. The first-order valence-electron chi connectivity index (χ1n) is 9.71. The molecule has 0 bridgehead atoms. The minimum Gasteiger partial charge on any atom is -0.339 e. The standard InChI is InChI=1S/C20H25FN4OS/c1-24-19(15-8-10-16(21)11-9-15)22-23-20(24)27-13-18(26)25-12-4-6-14-5-2-3-7-17(14)25/h8-11,14,17H,2-7,12-13H2,1H3. The van der Waals surface area contributed by atoms with Crippen molar-refractivity contribution in [3.63, 3.8) is 0 Å². The first-order chi connectivity index (χ1) is 13.1. The zero-order chi connectivity index (χ0) is 18.8. The molecule has 1 aliphatic heterocycles. The Balaban J connectivity index is 1.41. The Morgan fingerprint density at radius 1 is 1.15 bits per heavy atom. The monoisotopic (exact) mass is 388 g/mol. The van der Waals surface area contributed by atoms with Gasteiger partial charge in [0.25, 0.3) is 0 Å². The second-order valence-corrected chi connectivity index (χ2v) is 8.44. The lowest BCUT2D eigenvalue weighted by atomic mass is 9.78. The summed E-state index contributed by atoms with van der Waals surface area (Å²) in [6, 6.07) is 6.65. The number of aromatic nitrogens is 3. The highest BCUT2D eigenvalue weighted by Gasteiger charge is 2.35. The molecule has 0 spiro atoms. The van der Waals surface area contributed by atoms with Crippen LogP contribution in [0.1, 0.15) is 38.5 Å². The van der Waals surface area contributed by atoms with Crippen molar-refractivity contribution in [3.05, 3.63) is 30.1 Å². The average Bonchev–Trinajstić information content (AvgIpc) is 3.07. The van der Waals surface area contributed by atoms with Gasteiger partial charge in [0, 0.05) is 25.2 Å². The van der Waals surface area contributed by atoms with Crippen molar-refractivity contribution in [2.75, 3.05) is 12.3 Å². The fourth-order valence-electron chi connectivity index (χ4n) is 4.43. The van der Waals surface area contributed by atoms with Crippen LogP contribution in [-0.2, 0) is 11.8 Å². The second-order valence-electron chi connectivity index (χ2n) is 7.50. The zero-order valence-electron chi connectivity index (χ0n) is 15.6. The number of piperidine rings is 1. The Kier molecular flexibility index (Phi) is 5.48. The van der Waals surface area contributed by atoms with Crippen LogP contribution in [0.15, 0.2) is 29.4 Å². The number of nitrogens with zero attached hydrogens (tertiary/aromatic N) is 4. The lowest BCUT2D eigenvalue weighted by molar-refractivity contribution is -0.134. The lowest BCUT2D eigenvalue weighted by Gasteiger charge is -2.44. The van der Waals surface area contributed by atoms with E-state index in [2.05, 4.69) is 15.1 Å². The van der Waals surface area contributed by atoms with Crippen LogP contribution in [0, 0.1) is 11.7 Å². The summed E-state index contributed by atoms with van der Waals surface area (Å²) in [4.78, 5) is 15.0. The first kappa shape index (κ1) is 18.5. The van der Waals surface area contributed by atoms with Crippen molar-refractivity contribution < 1.29 is 9.18 Å². The van der Waals surface area contributed by atoms with Gasteiger partial charge in [0.05, 0.1) is 5.75 Å². The molecule has 4 rings (SSSR count). The zero-order valence-corrected chi connectivity index (χ0v) is 16.4. The van der Waals surface area contributed by atoms with E-state index in [9.17, 15) is 9.18 Å². The molecule has 1 amide bonds. The molecule has 144 valence electrons. The van der Waals surface area contributed by atoms with E-state index in [1.165, 1.54) is 49.6 Å². The summed E-state index contributed by atoms with van der Waals surface area (Å²) in [5, 5.41) is 9.15. The van der Waals surface area contributed by atoms with Crippen LogP contribution < -0.4 is 0 Å². The third kappa shape index (κ3) is 3.88. The minimum absolute atomic E-state index is 0.211. The predicted octanol–water partition coefficient (Wildman–Crippen LogP) is 3.89. The number of amides is 1. The van der Waals surface area contributed by atoms with Gasteiger partial charge in [-0.15, -0.1) is 10.2 Å². The largest absolute Gasteiger partial charge is 0.339 e. The van der Waals surface area contributed by atoms with Crippen LogP contribution in [0.4, 0.5) is 4.39 Å². The number of carbonyl (C=O) groups excluding carboxylic acids is 1. The highest BCUT2D eigenvalue weighted by Crippen LogP contribution is 2.35. The number of thioether (sulfide) groups is 1. The van der Waals surface area contributed by atoms with Gasteiger partial charge in [0.2, 0.25) is 5.91 Å². The topological polar surface area (TPSA) is 51.0 Å². The molecule has 5 nitrogen and oxygen atoms in total. The number of hydrogen-bond donors (Lipinski definition) is 0. The van der Waals surface area contributed by atoms with E-state index in [4.69, 9.17) is 0 Å². The first-order valence-corrected chi connectivity index (χ1v) is 10.7. The molecule has 0 N–H and O–H groups in total. The number of benzene rings is 1. The Morgan fingerprint density at radius 2 is 1.89 bits per heavy atom. The number of rotatable bonds is 4. The summed E-state index contributed by atoms with van der Waals surface area (Å²) in [6.45, 7) is 0.889. The Labute approximate surface area is 163 Å². The quantitative estimate of drug-likeness (QED) is 0.746. The predicted molar refractivity (Wildman–Crippen MR) is 104 cm³/mol. The maximum absolute atomic E-state index is 13.1. The highest BCUT2D eigenvalue weighted by molar-refractivity contribution is 7.99. The maximum atomic E-state index is 13.1. The van der Waals surface area contributed by atoms with Crippen LogP contribution in [0.5, 0.6) is 0 Å². The summed E-state index contributed by atoms with van der Waals surface area (Å²) >= 11 is 1.43. The summed E-state index contributed by atoms with van der Waals surface area (Å²) in [6.07, 6.45) is 7.36. The molecule has 7 heteroatoms. The molecule has 1 saturated heterocycles. The van der Waals surface area contributed by atoms with Gasteiger partial charge >= 0.3 is 0 Å². The Bertz CT molecular complexity index is 805. The van der Waals surface area contributed by atoms with Crippen molar-refractivity contribution >= 4 is 17.7 Å². The molecule has 2 heterocycles. The molecule has 2 fully saturated rings. The van der Waals surface area contributed by atoms with Gasteiger partial charge in [-0.25, -0.2) is 4.39 Å². The number of halogens is 1. The average molecular weight is 389 g/mol. The van der Waals surface area contributed by atoms with Crippen molar-refractivity contribution in [2.45, 2.75) is 49.7 Å². The van der Waals surface area contributed by atoms with Gasteiger partial charge < -0.3 is 9.47 Å². The Hall–Kier alpha value is -1.89. The van der Waals surface area contributed by atoms with E-state index in [1.807, 2.05) is 11.6 Å². The van der Waals surface area contributed by atoms with Crippen LogP contribution >= 0.6 is 11.8 Å². The maximum Gasteiger partial charge on any atom is 0.233 e. The van der Waals surface area contributed by atoms with Crippen LogP contribution in [-0.4, -0.2) is 43.9 Å². The van der Waals surface area contributed by atoms with Gasteiger partial charge in [-0.3, -0.25) is 4.79 Å². The summed E-state index contributed by atoms with van der Waals surface area (Å²) in [5.74, 6) is 1.70. The van der Waals surface area contributed by atoms with Crippen molar-refractivity contribution in [3.8, 4) is 11.4 Å². The minimum atomic E-state index is -0.274. The third-order valence-electron chi connectivity index (χ3n) is 5.83.